The van der Waals surface area contributed by atoms with E-state index in [0.717, 1.165) is 19.3 Å². The van der Waals surface area contributed by atoms with Gasteiger partial charge < -0.3 is 9.84 Å². The Balaban J connectivity index is 2.56. The summed E-state index contributed by atoms with van der Waals surface area (Å²) in [7, 11) is -0.461. The van der Waals surface area contributed by atoms with Crippen LogP contribution in [0, 0.1) is 0 Å². The molecule has 0 radical (unpaired) electrons. The van der Waals surface area contributed by atoms with Gasteiger partial charge in [0.25, 0.3) is 10.2 Å². The number of nitrogens with zero attached hydrogens (tertiary/aromatic N) is 2. The van der Waals surface area contributed by atoms with E-state index >= 15 is 0 Å². The Bertz CT molecular complexity index is 314. The number of hydrogen-bond acceptors (Lipinski definition) is 4. The number of aliphatic hydroxyl groups excluding tert-OH is 1. The molecule has 0 saturated carbocycles. The van der Waals surface area contributed by atoms with Gasteiger partial charge in [-0.2, -0.15) is 17.0 Å². The average Bonchev–Trinajstić information content (AvgIpc) is 2.30. The molecular formula is C10H22N2O4S. The predicted octanol–water partition coefficient (Wildman–Crippen LogP) is -0.344. The minimum Gasteiger partial charge on any atom is -0.389 e. The molecule has 0 aromatic carbocycles. The molecular weight excluding hydrogens is 244 g/mol. The van der Waals surface area contributed by atoms with Crippen LogP contribution in [0.25, 0.3) is 0 Å². The number of likely N-dealkylation sites (N-methyl/N-ethyl adjacent to an activating group) is 1. The molecule has 1 N–H and O–H groups in total. The van der Waals surface area contributed by atoms with Crippen LogP contribution in [0.5, 0.6) is 0 Å². The molecule has 6 nitrogen and oxygen atoms in total. The molecule has 1 unspecified atom stereocenters. The molecule has 1 aliphatic heterocycles. The first-order chi connectivity index (χ1) is 7.98. The highest BCUT2D eigenvalue weighted by atomic mass is 32.2. The maximum absolute atomic E-state index is 12.1. The highest BCUT2D eigenvalue weighted by molar-refractivity contribution is 7.86. The quantitative estimate of drug-likeness (QED) is 0.714. The van der Waals surface area contributed by atoms with Crippen LogP contribution in [0.1, 0.15) is 19.3 Å². The Morgan fingerprint density at radius 3 is 2.47 bits per heavy atom. The molecule has 0 aromatic rings. The van der Waals surface area contributed by atoms with E-state index < -0.39 is 16.3 Å². The predicted molar refractivity (Wildman–Crippen MR) is 64.9 cm³/mol. The standard InChI is InChI=1S/C10H22N2O4S/c1-11(8-10(13)9-16-2)17(14,15)12-6-4-3-5-7-12/h10,13H,3-9H2,1-2H3. The van der Waals surface area contributed by atoms with Crippen molar-refractivity contribution in [1.29, 1.82) is 0 Å². The van der Waals surface area contributed by atoms with E-state index in [1.165, 1.54) is 22.8 Å². The minimum atomic E-state index is -3.42. The highest BCUT2D eigenvalue weighted by Gasteiger charge is 2.29. The monoisotopic (exact) mass is 266 g/mol. The molecule has 7 heteroatoms. The van der Waals surface area contributed by atoms with Gasteiger partial charge in [-0.25, -0.2) is 0 Å². The smallest absolute Gasteiger partial charge is 0.281 e. The second-order valence-electron chi connectivity index (χ2n) is 4.36. The molecule has 0 bridgehead atoms. The molecule has 1 heterocycles. The van der Waals surface area contributed by atoms with Gasteiger partial charge in [-0.3, -0.25) is 0 Å². The summed E-state index contributed by atoms with van der Waals surface area (Å²) in [4.78, 5) is 0. The molecule has 1 rings (SSSR count). The first kappa shape index (κ1) is 14.8. The first-order valence-electron chi connectivity index (χ1n) is 5.87. The van der Waals surface area contributed by atoms with Crippen molar-refractivity contribution in [3.8, 4) is 0 Å². The van der Waals surface area contributed by atoms with Gasteiger partial charge in [-0.15, -0.1) is 0 Å². The minimum absolute atomic E-state index is 0.0622. The molecule has 0 amide bonds. The summed E-state index contributed by atoms with van der Waals surface area (Å²) in [6.45, 7) is 1.35. The third kappa shape index (κ3) is 4.18. The van der Waals surface area contributed by atoms with E-state index in [-0.39, 0.29) is 13.2 Å². The first-order valence-corrected chi connectivity index (χ1v) is 7.26. The third-order valence-electron chi connectivity index (χ3n) is 2.86. The van der Waals surface area contributed by atoms with E-state index in [9.17, 15) is 13.5 Å². The number of methoxy groups -OCH3 is 1. The van der Waals surface area contributed by atoms with E-state index in [1.807, 2.05) is 0 Å². The Kier molecular flexibility index (Phi) is 5.81. The fourth-order valence-electron chi connectivity index (χ4n) is 1.93. The lowest BCUT2D eigenvalue weighted by molar-refractivity contribution is 0.0544. The molecule has 1 aliphatic rings. The van der Waals surface area contributed by atoms with Crippen molar-refractivity contribution in [3.63, 3.8) is 0 Å². The summed E-state index contributed by atoms with van der Waals surface area (Å²) in [5, 5.41) is 9.53. The van der Waals surface area contributed by atoms with Crippen LogP contribution in [0.4, 0.5) is 0 Å². The fourth-order valence-corrected chi connectivity index (χ4v) is 3.40. The van der Waals surface area contributed by atoms with Crippen molar-refractivity contribution in [3.05, 3.63) is 0 Å². The normalized spacial score (nSPS) is 20.7. The number of hydrogen-bond donors (Lipinski definition) is 1. The van der Waals surface area contributed by atoms with Gasteiger partial charge in [0, 0.05) is 33.8 Å². The van der Waals surface area contributed by atoms with Gasteiger partial charge in [0.15, 0.2) is 0 Å². The van der Waals surface area contributed by atoms with Crippen molar-refractivity contribution in [1.82, 2.24) is 8.61 Å². The van der Waals surface area contributed by atoms with Gasteiger partial charge in [0.2, 0.25) is 0 Å². The van der Waals surface area contributed by atoms with Gasteiger partial charge in [0.1, 0.15) is 0 Å². The Morgan fingerprint density at radius 2 is 1.94 bits per heavy atom. The molecule has 102 valence electrons. The largest absolute Gasteiger partial charge is 0.389 e. The highest BCUT2D eigenvalue weighted by Crippen LogP contribution is 2.15. The lowest BCUT2D eigenvalue weighted by atomic mass is 10.2. The molecule has 1 atom stereocenters. The lowest BCUT2D eigenvalue weighted by Crippen LogP contribution is -2.47. The van der Waals surface area contributed by atoms with Crippen LogP contribution in [0.15, 0.2) is 0 Å². The van der Waals surface area contributed by atoms with Crippen LogP contribution in [-0.2, 0) is 14.9 Å². The molecule has 1 fully saturated rings. The topological polar surface area (TPSA) is 70.1 Å². The SMILES string of the molecule is COCC(O)CN(C)S(=O)(=O)N1CCCCC1. The second kappa shape index (κ2) is 6.65. The zero-order valence-corrected chi connectivity index (χ0v) is 11.3. The van der Waals surface area contributed by atoms with Crippen molar-refractivity contribution < 1.29 is 18.3 Å². The maximum Gasteiger partial charge on any atom is 0.281 e. The molecule has 17 heavy (non-hydrogen) atoms. The zero-order valence-electron chi connectivity index (χ0n) is 10.5. The summed E-state index contributed by atoms with van der Waals surface area (Å²) in [5.41, 5.74) is 0. The van der Waals surface area contributed by atoms with Crippen LogP contribution in [-0.4, -0.2) is 68.6 Å². The average molecular weight is 266 g/mol. The van der Waals surface area contributed by atoms with E-state index in [4.69, 9.17) is 4.74 Å². The lowest BCUT2D eigenvalue weighted by Gasteiger charge is -2.30. The van der Waals surface area contributed by atoms with Crippen LogP contribution in [0.2, 0.25) is 0 Å². The zero-order chi connectivity index (χ0) is 12.9. The second-order valence-corrected chi connectivity index (χ2v) is 6.39. The van der Waals surface area contributed by atoms with Gasteiger partial charge in [-0.1, -0.05) is 6.42 Å². The summed E-state index contributed by atoms with van der Waals surface area (Å²) in [6.07, 6.45) is 2.12. The molecule has 0 spiro atoms. The molecule has 0 aliphatic carbocycles. The van der Waals surface area contributed by atoms with Crippen molar-refractivity contribution in [2.24, 2.45) is 0 Å². The summed E-state index contributed by atoms with van der Waals surface area (Å²) >= 11 is 0. The van der Waals surface area contributed by atoms with Crippen molar-refractivity contribution in [2.75, 3.05) is 40.4 Å². The van der Waals surface area contributed by atoms with E-state index in [1.54, 1.807) is 0 Å². The number of ether oxygens (including phenoxy) is 1. The number of rotatable bonds is 6. The summed E-state index contributed by atoms with van der Waals surface area (Å²) in [6, 6.07) is 0. The molecule has 0 aromatic heterocycles. The Hall–Kier alpha value is -0.210. The Labute approximate surface area is 103 Å². The third-order valence-corrected chi connectivity index (χ3v) is 4.82. The summed E-state index contributed by atoms with van der Waals surface area (Å²) < 4.78 is 31.7. The molecule has 1 saturated heterocycles. The van der Waals surface area contributed by atoms with Crippen molar-refractivity contribution in [2.45, 2.75) is 25.4 Å². The van der Waals surface area contributed by atoms with Gasteiger partial charge in [-0.05, 0) is 12.8 Å². The number of piperidine rings is 1. The van der Waals surface area contributed by atoms with Gasteiger partial charge in [0.05, 0.1) is 12.7 Å². The van der Waals surface area contributed by atoms with Gasteiger partial charge >= 0.3 is 0 Å². The van der Waals surface area contributed by atoms with Crippen LogP contribution >= 0.6 is 0 Å². The van der Waals surface area contributed by atoms with Crippen LogP contribution < -0.4 is 0 Å². The summed E-state index contributed by atoms with van der Waals surface area (Å²) in [5.74, 6) is 0. The van der Waals surface area contributed by atoms with Crippen molar-refractivity contribution >= 4 is 10.2 Å². The van der Waals surface area contributed by atoms with Crippen LogP contribution in [0.3, 0.4) is 0 Å². The van der Waals surface area contributed by atoms with E-state index in [2.05, 4.69) is 0 Å². The fraction of sp³-hybridized carbons (Fsp3) is 1.00. The number of aliphatic hydroxyl groups is 1. The van der Waals surface area contributed by atoms with E-state index in [0.29, 0.717) is 13.1 Å². The Morgan fingerprint density at radius 1 is 1.35 bits per heavy atom. The maximum atomic E-state index is 12.1.